The molecule has 2 nitrogen and oxygen atoms in total. The zero-order valence-corrected chi connectivity index (χ0v) is 8.91. The molecule has 0 atom stereocenters. The van der Waals surface area contributed by atoms with Gasteiger partial charge in [0.25, 0.3) is 0 Å². The molecular formula is C8H13BrN2. The molecule has 0 aliphatic rings. The van der Waals surface area contributed by atoms with Crippen LogP contribution in [0.2, 0.25) is 0 Å². The summed E-state index contributed by atoms with van der Waals surface area (Å²) in [5, 5.41) is 0. The number of hydrogen-bond acceptors (Lipinski definition) is 1. The van der Waals surface area contributed by atoms with Gasteiger partial charge in [-0.3, -0.25) is 0 Å². The van der Waals surface area contributed by atoms with Gasteiger partial charge in [0.05, 0.1) is 5.69 Å². The summed E-state index contributed by atoms with van der Waals surface area (Å²) in [7, 11) is 0. The minimum absolute atomic E-state index is 0.139. The lowest BCUT2D eigenvalue weighted by Crippen LogP contribution is -2.12. The van der Waals surface area contributed by atoms with E-state index in [1.165, 1.54) is 0 Å². The van der Waals surface area contributed by atoms with Crippen molar-refractivity contribution < 1.29 is 0 Å². The third-order valence-corrected chi connectivity index (χ3v) is 2.10. The molecule has 0 saturated heterocycles. The highest BCUT2D eigenvalue weighted by Gasteiger charge is 2.19. The summed E-state index contributed by atoms with van der Waals surface area (Å²) in [6, 6.07) is 0. The molecule has 0 unspecified atom stereocenters. The van der Waals surface area contributed by atoms with E-state index < -0.39 is 0 Å². The van der Waals surface area contributed by atoms with Crippen molar-refractivity contribution in [3.05, 3.63) is 16.1 Å². The van der Waals surface area contributed by atoms with Gasteiger partial charge < -0.3 is 4.98 Å². The lowest BCUT2D eigenvalue weighted by atomic mass is 9.93. The third kappa shape index (κ3) is 1.83. The number of imidazole rings is 1. The number of rotatable bonds is 0. The standard InChI is InChI=1S/C8H13BrN2/c1-5-10-6(7(9)11-5)8(2,3)4/h1-4H3,(H,10,11). The van der Waals surface area contributed by atoms with Gasteiger partial charge >= 0.3 is 0 Å². The number of hydrogen-bond donors (Lipinski definition) is 1. The SMILES string of the molecule is Cc1nc(Br)c(C(C)(C)C)[nH]1. The van der Waals surface area contributed by atoms with Gasteiger partial charge in [-0.1, -0.05) is 20.8 Å². The lowest BCUT2D eigenvalue weighted by molar-refractivity contribution is 0.568. The first-order valence-electron chi connectivity index (χ1n) is 3.64. The van der Waals surface area contributed by atoms with E-state index in [0.29, 0.717) is 0 Å². The molecular weight excluding hydrogens is 204 g/mol. The summed E-state index contributed by atoms with van der Waals surface area (Å²) in [4.78, 5) is 7.46. The van der Waals surface area contributed by atoms with Gasteiger partial charge in [0.15, 0.2) is 0 Å². The Hall–Kier alpha value is -0.310. The molecule has 0 spiro atoms. The Balaban J connectivity index is 3.13. The maximum Gasteiger partial charge on any atom is 0.127 e. The van der Waals surface area contributed by atoms with E-state index in [4.69, 9.17) is 0 Å². The molecule has 0 aromatic carbocycles. The lowest BCUT2D eigenvalue weighted by Gasteiger charge is -2.16. The van der Waals surface area contributed by atoms with Crippen molar-refractivity contribution in [1.29, 1.82) is 0 Å². The molecule has 1 aromatic rings. The molecule has 1 heterocycles. The smallest absolute Gasteiger partial charge is 0.127 e. The highest BCUT2D eigenvalue weighted by atomic mass is 79.9. The van der Waals surface area contributed by atoms with Crippen molar-refractivity contribution in [2.45, 2.75) is 33.1 Å². The fourth-order valence-corrected chi connectivity index (χ4v) is 1.92. The highest BCUT2D eigenvalue weighted by Crippen LogP contribution is 2.26. The van der Waals surface area contributed by atoms with Crippen molar-refractivity contribution in [3.63, 3.8) is 0 Å². The fourth-order valence-electron chi connectivity index (χ4n) is 0.961. The van der Waals surface area contributed by atoms with Crippen LogP contribution in [-0.2, 0) is 5.41 Å². The summed E-state index contributed by atoms with van der Waals surface area (Å²) in [6.45, 7) is 8.43. The fraction of sp³-hybridized carbons (Fsp3) is 0.625. The second-order valence-corrected chi connectivity index (χ2v) is 4.49. The average Bonchev–Trinajstić information content (AvgIpc) is 2.08. The predicted octanol–water partition coefficient (Wildman–Crippen LogP) is 2.78. The Bertz CT molecular complexity index is 258. The van der Waals surface area contributed by atoms with Crippen molar-refractivity contribution >= 4 is 15.9 Å². The van der Waals surface area contributed by atoms with Gasteiger partial charge in [-0.25, -0.2) is 4.98 Å². The quantitative estimate of drug-likeness (QED) is 0.711. The summed E-state index contributed by atoms with van der Waals surface area (Å²) < 4.78 is 0.933. The van der Waals surface area contributed by atoms with Gasteiger partial charge in [-0.2, -0.15) is 0 Å². The monoisotopic (exact) mass is 216 g/mol. The largest absolute Gasteiger partial charge is 0.345 e. The third-order valence-electron chi connectivity index (χ3n) is 1.53. The Kier molecular flexibility index (Phi) is 2.10. The molecule has 0 saturated carbocycles. The van der Waals surface area contributed by atoms with Gasteiger partial charge in [-0.05, 0) is 22.9 Å². The first-order chi connectivity index (χ1) is 4.91. The summed E-state index contributed by atoms with van der Waals surface area (Å²) in [5.41, 5.74) is 1.30. The van der Waals surface area contributed by atoms with E-state index in [1.54, 1.807) is 0 Å². The number of aromatic amines is 1. The molecule has 0 amide bonds. The van der Waals surface area contributed by atoms with E-state index in [1.807, 2.05) is 6.92 Å². The Morgan fingerprint density at radius 2 is 1.91 bits per heavy atom. The van der Waals surface area contributed by atoms with Crippen LogP contribution in [0, 0.1) is 6.92 Å². The highest BCUT2D eigenvalue weighted by molar-refractivity contribution is 9.10. The number of aryl methyl sites for hydroxylation is 1. The molecule has 0 fully saturated rings. The number of aromatic nitrogens is 2. The predicted molar refractivity (Wildman–Crippen MR) is 49.7 cm³/mol. The molecule has 62 valence electrons. The van der Waals surface area contributed by atoms with Crippen LogP contribution >= 0.6 is 15.9 Å². The van der Waals surface area contributed by atoms with Gasteiger partial charge in [-0.15, -0.1) is 0 Å². The first kappa shape index (κ1) is 8.78. The Labute approximate surface area is 75.6 Å². The van der Waals surface area contributed by atoms with E-state index in [0.717, 1.165) is 16.1 Å². The van der Waals surface area contributed by atoms with Crippen molar-refractivity contribution in [2.75, 3.05) is 0 Å². The van der Waals surface area contributed by atoms with Crippen LogP contribution in [0.3, 0.4) is 0 Å². The van der Waals surface area contributed by atoms with Crippen LogP contribution in [0.5, 0.6) is 0 Å². The molecule has 1 rings (SSSR count). The number of nitrogens with zero attached hydrogens (tertiary/aromatic N) is 1. The second-order valence-electron chi connectivity index (χ2n) is 3.74. The summed E-state index contributed by atoms with van der Waals surface area (Å²) >= 11 is 3.41. The van der Waals surface area contributed by atoms with Crippen LogP contribution in [0.4, 0.5) is 0 Å². The van der Waals surface area contributed by atoms with Crippen molar-refractivity contribution in [3.8, 4) is 0 Å². The summed E-state index contributed by atoms with van der Waals surface area (Å²) in [5.74, 6) is 0.960. The summed E-state index contributed by atoms with van der Waals surface area (Å²) in [6.07, 6.45) is 0. The van der Waals surface area contributed by atoms with E-state index in [-0.39, 0.29) is 5.41 Å². The van der Waals surface area contributed by atoms with E-state index in [2.05, 4.69) is 46.7 Å². The van der Waals surface area contributed by atoms with Crippen LogP contribution < -0.4 is 0 Å². The van der Waals surface area contributed by atoms with Gasteiger partial charge in [0.2, 0.25) is 0 Å². The molecule has 0 aliphatic heterocycles. The maximum atomic E-state index is 4.24. The molecule has 1 aromatic heterocycles. The second kappa shape index (κ2) is 2.63. The van der Waals surface area contributed by atoms with Gasteiger partial charge in [0.1, 0.15) is 10.4 Å². The van der Waals surface area contributed by atoms with Crippen molar-refractivity contribution in [1.82, 2.24) is 9.97 Å². The number of H-pyrrole nitrogens is 1. The number of halogens is 1. The first-order valence-corrected chi connectivity index (χ1v) is 4.43. The zero-order chi connectivity index (χ0) is 8.65. The maximum absolute atomic E-state index is 4.24. The topological polar surface area (TPSA) is 28.7 Å². The molecule has 11 heavy (non-hydrogen) atoms. The molecule has 0 bridgehead atoms. The minimum atomic E-state index is 0.139. The average molecular weight is 217 g/mol. The normalized spacial score (nSPS) is 12.1. The van der Waals surface area contributed by atoms with Gasteiger partial charge in [0, 0.05) is 5.41 Å². The molecule has 3 heteroatoms. The van der Waals surface area contributed by atoms with Crippen molar-refractivity contribution in [2.24, 2.45) is 0 Å². The Morgan fingerprint density at radius 3 is 2.09 bits per heavy atom. The Morgan fingerprint density at radius 1 is 1.36 bits per heavy atom. The number of nitrogens with one attached hydrogen (secondary N) is 1. The molecule has 0 aliphatic carbocycles. The molecule has 0 radical (unpaired) electrons. The minimum Gasteiger partial charge on any atom is -0.345 e. The van der Waals surface area contributed by atoms with Crippen LogP contribution in [0.15, 0.2) is 4.60 Å². The van der Waals surface area contributed by atoms with E-state index in [9.17, 15) is 0 Å². The zero-order valence-electron chi connectivity index (χ0n) is 7.33. The molecule has 1 N–H and O–H groups in total. The van der Waals surface area contributed by atoms with Crippen LogP contribution in [-0.4, -0.2) is 9.97 Å². The van der Waals surface area contributed by atoms with E-state index >= 15 is 0 Å². The van der Waals surface area contributed by atoms with Crippen LogP contribution in [0.1, 0.15) is 32.3 Å². The van der Waals surface area contributed by atoms with Crippen LogP contribution in [0.25, 0.3) is 0 Å².